The summed E-state index contributed by atoms with van der Waals surface area (Å²) in [5.74, 6) is -2.03. The van der Waals surface area contributed by atoms with E-state index in [1.165, 1.54) is 24.3 Å². The highest BCUT2D eigenvalue weighted by Crippen LogP contribution is 2.09. The number of hydrogen-bond acceptors (Lipinski definition) is 5. The summed E-state index contributed by atoms with van der Waals surface area (Å²) in [6.07, 6.45) is 1.14. The van der Waals surface area contributed by atoms with Gasteiger partial charge in [0.1, 0.15) is 5.82 Å². The van der Waals surface area contributed by atoms with Crippen molar-refractivity contribution in [3.05, 3.63) is 41.9 Å². The van der Waals surface area contributed by atoms with Gasteiger partial charge in [0.15, 0.2) is 5.57 Å². The van der Waals surface area contributed by atoms with Crippen molar-refractivity contribution >= 4 is 17.6 Å². The lowest BCUT2D eigenvalue weighted by molar-refractivity contribution is -0.144. The predicted molar refractivity (Wildman–Crippen MR) is 62.1 cm³/mol. The van der Waals surface area contributed by atoms with Crippen LogP contribution in [0, 0.1) is 5.82 Å². The van der Waals surface area contributed by atoms with Gasteiger partial charge in [-0.25, -0.2) is 14.0 Å². The van der Waals surface area contributed by atoms with Gasteiger partial charge >= 0.3 is 11.9 Å². The van der Waals surface area contributed by atoms with Gasteiger partial charge in [0, 0.05) is 11.9 Å². The van der Waals surface area contributed by atoms with Crippen LogP contribution in [0.25, 0.3) is 0 Å². The predicted octanol–water partition coefficient (Wildman–Crippen LogP) is 1.47. The van der Waals surface area contributed by atoms with Crippen molar-refractivity contribution in [3.8, 4) is 0 Å². The van der Waals surface area contributed by atoms with Gasteiger partial charge in [0.25, 0.3) is 0 Å². The molecule has 0 bridgehead atoms. The van der Waals surface area contributed by atoms with E-state index in [-0.39, 0.29) is 11.4 Å². The van der Waals surface area contributed by atoms with E-state index in [1.807, 2.05) is 0 Å². The van der Waals surface area contributed by atoms with E-state index in [1.54, 1.807) is 0 Å². The van der Waals surface area contributed by atoms with Crippen LogP contribution in [0.3, 0.4) is 0 Å². The Labute approximate surface area is 103 Å². The van der Waals surface area contributed by atoms with Crippen LogP contribution in [0.1, 0.15) is 0 Å². The Morgan fingerprint density at radius 3 is 2.06 bits per heavy atom. The number of carbonyl (C=O) groups is 2. The fourth-order valence-corrected chi connectivity index (χ4v) is 1.12. The van der Waals surface area contributed by atoms with E-state index in [2.05, 4.69) is 14.8 Å². The van der Waals surface area contributed by atoms with Gasteiger partial charge in [-0.15, -0.1) is 0 Å². The Kier molecular flexibility index (Phi) is 4.86. The molecule has 0 aliphatic heterocycles. The van der Waals surface area contributed by atoms with Gasteiger partial charge < -0.3 is 14.8 Å². The van der Waals surface area contributed by atoms with E-state index in [0.717, 1.165) is 20.4 Å². The molecule has 1 rings (SSSR count). The molecule has 0 atom stereocenters. The molecule has 18 heavy (non-hydrogen) atoms. The van der Waals surface area contributed by atoms with Crippen molar-refractivity contribution < 1.29 is 23.5 Å². The second-order valence-corrected chi connectivity index (χ2v) is 3.19. The molecule has 0 amide bonds. The Morgan fingerprint density at radius 2 is 1.61 bits per heavy atom. The van der Waals surface area contributed by atoms with Crippen LogP contribution in [0.15, 0.2) is 36.0 Å². The Hall–Kier alpha value is -2.37. The van der Waals surface area contributed by atoms with Gasteiger partial charge in [-0.05, 0) is 24.3 Å². The topological polar surface area (TPSA) is 64.6 Å². The molecule has 0 aromatic heterocycles. The standard InChI is InChI=1S/C12H12FNO4/c1-17-11(15)10(12(16)18-2)7-14-9-5-3-8(13)4-6-9/h3-7,14H,1-2H3. The summed E-state index contributed by atoms with van der Waals surface area (Å²) in [6.45, 7) is 0. The smallest absolute Gasteiger partial charge is 0.346 e. The second-order valence-electron chi connectivity index (χ2n) is 3.19. The molecule has 0 radical (unpaired) electrons. The molecule has 6 heteroatoms. The highest BCUT2D eigenvalue weighted by molar-refractivity contribution is 6.14. The second kappa shape index (κ2) is 6.39. The fraction of sp³-hybridized carbons (Fsp3) is 0.167. The number of carbonyl (C=O) groups excluding carboxylic acids is 2. The first-order valence-electron chi connectivity index (χ1n) is 4.97. The maximum absolute atomic E-state index is 12.7. The molecule has 0 saturated heterocycles. The highest BCUT2D eigenvalue weighted by atomic mass is 19.1. The summed E-state index contributed by atoms with van der Waals surface area (Å²) in [5, 5.41) is 2.67. The molecule has 0 spiro atoms. The summed E-state index contributed by atoms with van der Waals surface area (Å²) in [5.41, 5.74) is 0.228. The van der Waals surface area contributed by atoms with Crippen LogP contribution in [-0.2, 0) is 19.1 Å². The molecule has 0 saturated carbocycles. The molecule has 0 heterocycles. The van der Waals surface area contributed by atoms with E-state index in [4.69, 9.17) is 0 Å². The normalized spacial score (nSPS) is 9.28. The number of nitrogens with one attached hydrogen (secondary N) is 1. The summed E-state index contributed by atoms with van der Waals surface area (Å²) < 4.78 is 21.5. The third-order valence-electron chi connectivity index (χ3n) is 2.04. The molecule has 1 aromatic carbocycles. The van der Waals surface area contributed by atoms with Crippen LogP contribution in [0.5, 0.6) is 0 Å². The molecular formula is C12H12FNO4. The number of methoxy groups -OCH3 is 2. The van der Waals surface area contributed by atoms with Crippen LogP contribution in [0.2, 0.25) is 0 Å². The fourth-order valence-electron chi connectivity index (χ4n) is 1.12. The molecule has 0 aliphatic carbocycles. The van der Waals surface area contributed by atoms with Crippen LogP contribution >= 0.6 is 0 Å². The van der Waals surface area contributed by atoms with Crippen molar-refractivity contribution in [2.75, 3.05) is 19.5 Å². The van der Waals surface area contributed by atoms with Crippen molar-refractivity contribution in [2.24, 2.45) is 0 Å². The van der Waals surface area contributed by atoms with Crippen LogP contribution < -0.4 is 5.32 Å². The number of anilines is 1. The number of rotatable bonds is 4. The summed E-state index contributed by atoms with van der Waals surface area (Å²) >= 11 is 0. The molecule has 96 valence electrons. The Morgan fingerprint density at radius 1 is 1.11 bits per heavy atom. The monoisotopic (exact) mass is 253 g/mol. The quantitative estimate of drug-likeness (QED) is 0.381. The summed E-state index contributed by atoms with van der Waals surface area (Å²) in [4.78, 5) is 22.6. The maximum Gasteiger partial charge on any atom is 0.346 e. The lowest BCUT2D eigenvalue weighted by atomic mass is 10.2. The van der Waals surface area contributed by atoms with Gasteiger partial charge in [-0.2, -0.15) is 0 Å². The molecule has 1 aromatic rings. The summed E-state index contributed by atoms with van der Waals surface area (Å²) in [6, 6.07) is 5.40. The molecule has 1 N–H and O–H groups in total. The van der Waals surface area contributed by atoms with E-state index in [9.17, 15) is 14.0 Å². The maximum atomic E-state index is 12.7. The molecule has 0 unspecified atom stereocenters. The molecule has 0 aliphatic rings. The first-order valence-corrected chi connectivity index (χ1v) is 4.97. The minimum atomic E-state index is -0.823. The Balaban J connectivity index is 2.86. The van der Waals surface area contributed by atoms with Crippen molar-refractivity contribution in [1.29, 1.82) is 0 Å². The summed E-state index contributed by atoms with van der Waals surface area (Å²) in [7, 11) is 2.30. The lowest BCUT2D eigenvalue weighted by Gasteiger charge is -2.05. The lowest BCUT2D eigenvalue weighted by Crippen LogP contribution is -2.17. The number of ether oxygens (including phenoxy) is 2. The van der Waals surface area contributed by atoms with E-state index < -0.39 is 11.9 Å². The Bertz CT molecular complexity index is 449. The highest BCUT2D eigenvalue weighted by Gasteiger charge is 2.19. The molecular weight excluding hydrogens is 241 g/mol. The largest absolute Gasteiger partial charge is 0.465 e. The van der Waals surface area contributed by atoms with Crippen molar-refractivity contribution in [1.82, 2.24) is 0 Å². The van der Waals surface area contributed by atoms with Crippen LogP contribution in [-0.4, -0.2) is 26.2 Å². The number of benzene rings is 1. The molecule has 5 nitrogen and oxygen atoms in total. The van der Waals surface area contributed by atoms with Crippen molar-refractivity contribution in [2.45, 2.75) is 0 Å². The first-order chi connectivity index (χ1) is 8.58. The first kappa shape index (κ1) is 13.7. The SMILES string of the molecule is COC(=O)C(=CNc1ccc(F)cc1)C(=O)OC. The minimum absolute atomic E-state index is 0.288. The zero-order valence-corrected chi connectivity index (χ0v) is 9.90. The van der Waals surface area contributed by atoms with Gasteiger partial charge in [0.05, 0.1) is 14.2 Å². The van der Waals surface area contributed by atoms with Crippen LogP contribution in [0.4, 0.5) is 10.1 Å². The number of hydrogen-bond donors (Lipinski definition) is 1. The minimum Gasteiger partial charge on any atom is -0.465 e. The van der Waals surface area contributed by atoms with Gasteiger partial charge in [-0.3, -0.25) is 0 Å². The van der Waals surface area contributed by atoms with E-state index in [0.29, 0.717) is 5.69 Å². The number of halogens is 1. The third kappa shape index (κ3) is 3.58. The van der Waals surface area contributed by atoms with Gasteiger partial charge in [0.2, 0.25) is 0 Å². The van der Waals surface area contributed by atoms with Gasteiger partial charge in [-0.1, -0.05) is 0 Å². The third-order valence-corrected chi connectivity index (χ3v) is 2.04. The average Bonchev–Trinajstić information content (AvgIpc) is 2.40. The average molecular weight is 253 g/mol. The van der Waals surface area contributed by atoms with E-state index >= 15 is 0 Å². The zero-order valence-electron chi connectivity index (χ0n) is 9.90. The zero-order chi connectivity index (χ0) is 13.5. The van der Waals surface area contributed by atoms with Crippen molar-refractivity contribution in [3.63, 3.8) is 0 Å². The molecule has 0 fully saturated rings. The number of esters is 2.